The molecule has 0 spiro atoms. The van der Waals surface area contributed by atoms with E-state index >= 15 is 0 Å². The van der Waals surface area contributed by atoms with Crippen LogP contribution >= 0.6 is 0 Å². The number of phenols is 1. The summed E-state index contributed by atoms with van der Waals surface area (Å²) in [5, 5.41) is 18.0. The lowest BCUT2D eigenvalue weighted by Crippen LogP contribution is -2.54. The van der Waals surface area contributed by atoms with Gasteiger partial charge in [-0.25, -0.2) is 4.79 Å². The number of likely N-dealkylation sites (tertiary alicyclic amines) is 1. The molecule has 6 heteroatoms. The van der Waals surface area contributed by atoms with Crippen LogP contribution in [-0.4, -0.2) is 47.3 Å². The number of phenolic OH excluding ortho intramolecular Hbond substituents is 1. The van der Waals surface area contributed by atoms with E-state index in [1.807, 2.05) is 0 Å². The fourth-order valence-corrected chi connectivity index (χ4v) is 2.13. The predicted molar refractivity (Wildman–Crippen MR) is 69.2 cm³/mol. The number of aromatic hydroxyl groups is 1. The molecule has 1 aliphatic rings. The van der Waals surface area contributed by atoms with Crippen molar-refractivity contribution in [3.63, 3.8) is 0 Å². The molecule has 2 rings (SSSR count). The number of benzene rings is 1. The maximum atomic E-state index is 12.1. The summed E-state index contributed by atoms with van der Waals surface area (Å²) < 4.78 is 0. The molecular weight excluding hydrogens is 248 g/mol. The SMILES string of the molecule is CN(C(=O)N1CC(CC(=O)O)C1)c1cccc(O)c1. The second kappa shape index (κ2) is 5.17. The highest BCUT2D eigenvalue weighted by molar-refractivity contribution is 5.92. The van der Waals surface area contributed by atoms with Crippen molar-refractivity contribution in [2.75, 3.05) is 25.0 Å². The zero-order chi connectivity index (χ0) is 14.0. The van der Waals surface area contributed by atoms with Crippen molar-refractivity contribution in [3.8, 4) is 5.75 Å². The van der Waals surface area contributed by atoms with Gasteiger partial charge in [-0.15, -0.1) is 0 Å². The summed E-state index contributed by atoms with van der Waals surface area (Å²) in [6.07, 6.45) is 0.0968. The third kappa shape index (κ3) is 2.96. The van der Waals surface area contributed by atoms with Crippen LogP contribution in [0.5, 0.6) is 5.75 Å². The van der Waals surface area contributed by atoms with Gasteiger partial charge in [0.1, 0.15) is 5.75 Å². The molecule has 102 valence electrons. The standard InChI is InChI=1S/C13H16N2O4/c1-14(10-3-2-4-11(16)6-10)13(19)15-7-9(8-15)5-12(17)18/h2-4,6,9,16H,5,7-8H2,1H3,(H,17,18). The van der Waals surface area contributed by atoms with Crippen molar-refractivity contribution in [1.82, 2.24) is 4.90 Å². The highest BCUT2D eigenvalue weighted by Crippen LogP contribution is 2.24. The van der Waals surface area contributed by atoms with Crippen molar-refractivity contribution in [2.24, 2.45) is 5.92 Å². The molecule has 1 fully saturated rings. The van der Waals surface area contributed by atoms with Gasteiger partial charge in [0.25, 0.3) is 0 Å². The Bertz CT molecular complexity index is 497. The summed E-state index contributed by atoms with van der Waals surface area (Å²) in [6, 6.07) is 6.25. The number of carboxylic acids is 1. The first kappa shape index (κ1) is 13.2. The van der Waals surface area contributed by atoms with Gasteiger partial charge in [0.15, 0.2) is 0 Å². The molecule has 2 amide bonds. The zero-order valence-corrected chi connectivity index (χ0v) is 10.6. The second-order valence-corrected chi connectivity index (χ2v) is 4.73. The van der Waals surface area contributed by atoms with E-state index in [1.165, 1.54) is 17.0 Å². The molecule has 19 heavy (non-hydrogen) atoms. The van der Waals surface area contributed by atoms with E-state index in [2.05, 4.69) is 0 Å². The molecule has 0 radical (unpaired) electrons. The van der Waals surface area contributed by atoms with Crippen LogP contribution in [0.3, 0.4) is 0 Å². The zero-order valence-electron chi connectivity index (χ0n) is 10.6. The van der Waals surface area contributed by atoms with Crippen molar-refractivity contribution in [1.29, 1.82) is 0 Å². The lowest BCUT2D eigenvalue weighted by Gasteiger charge is -2.40. The number of hydrogen-bond acceptors (Lipinski definition) is 3. The van der Waals surface area contributed by atoms with Gasteiger partial charge >= 0.3 is 12.0 Å². The molecule has 1 aliphatic heterocycles. The molecular formula is C13H16N2O4. The highest BCUT2D eigenvalue weighted by atomic mass is 16.4. The summed E-state index contributed by atoms with van der Waals surface area (Å²) in [5.41, 5.74) is 0.603. The molecule has 0 bridgehead atoms. The molecule has 2 N–H and O–H groups in total. The normalized spacial score (nSPS) is 14.9. The number of rotatable bonds is 3. The number of hydrogen-bond donors (Lipinski definition) is 2. The van der Waals surface area contributed by atoms with Crippen LogP contribution in [0, 0.1) is 5.92 Å². The Hall–Kier alpha value is -2.24. The van der Waals surface area contributed by atoms with Crippen molar-refractivity contribution in [2.45, 2.75) is 6.42 Å². The maximum Gasteiger partial charge on any atom is 0.324 e. The Kier molecular flexibility index (Phi) is 3.59. The molecule has 0 aliphatic carbocycles. The molecule has 0 unspecified atom stereocenters. The smallest absolute Gasteiger partial charge is 0.324 e. The summed E-state index contributed by atoms with van der Waals surface area (Å²) in [6.45, 7) is 0.933. The molecule has 1 aromatic carbocycles. The quantitative estimate of drug-likeness (QED) is 0.863. The number of aliphatic carboxylic acids is 1. The molecule has 1 saturated heterocycles. The molecule has 0 aromatic heterocycles. The number of nitrogens with zero attached hydrogens (tertiary/aromatic N) is 2. The number of amides is 2. The van der Waals surface area contributed by atoms with E-state index in [0.29, 0.717) is 18.8 Å². The van der Waals surface area contributed by atoms with Crippen LogP contribution in [0.2, 0.25) is 0 Å². The average molecular weight is 264 g/mol. The fraction of sp³-hybridized carbons (Fsp3) is 0.385. The number of carbonyl (C=O) groups excluding carboxylic acids is 1. The molecule has 6 nitrogen and oxygen atoms in total. The first-order chi connectivity index (χ1) is 8.97. The molecule has 0 saturated carbocycles. The third-order valence-electron chi connectivity index (χ3n) is 3.19. The van der Waals surface area contributed by atoms with Gasteiger partial charge in [0.2, 0.25) is 0 Å². The van der Waals surface area contributed by atoms with Gasteiger partial charge in [0.05, 0.1) is 6.42 Å². The molecule has 1 aromatic rings. The van der Waals surface area contributed by atoms with Crippen molar-refractivity contribution < 1.29 is 19.8 Å². The summed E-state index contributed by atoms with van der Waals surface area (Å²) in [5.74, 6) is -0.693. The number of anilines is 1. The summed E-state index contributed by atoms with van der Waals surface area (Å²) in [4.78, 5) is 25.7. The Morgan fingerprint density at radius 3 is 2.68 bits per heavy atom. The topological polar surface area (TPSA) is 81.1 Å². The lowest BCUT2D eigenvalue weighted by atomic mass is 9.97. The predicted octanol–water partition coefficient (Wildman–Crippen LogP) is 1.35. The Morgan fingerprint density at radius 2 is 2.11 bits per heavy atom. The van der Waals surface area contributed by atoms with Crippen LogP contribution < -0.4 is 4.90 Å². The number of carbonyl (C=O) groups is 2. The average Bonchev–Trinajstić information content (AvgIpc) is 2.31. The minimum Gasteiger partial charge on any atom is -0.508 e. The first-order valence-electron chi connectivity index (χ1n) is 6.01. The lowest BCUT2D eigenvalue weighted by molar-refractivity contribution is -0.139. The third-order valence-corrected chi connectivity index (χ3v) is 3.19. The first-order valence-corrected chi connectivity index (χ1v) is 6.01. The van der Waals surface area contributed by atoms with Crippen LogP contribution in [0.15, 0.2) is 24.3 Å². The molecule has 1 heterocycles. The fourth-order valence-electron chi connectivity index (χ4n) is 2.13. The van der Waals surface area contributed by atoms with Crippen LogP contribution in [0.25, 0.3) is 0 Å². The van der Waals surface area contributed by atoms with E-state index in [9.17, 15) is 14.7 Å². The Labute approximate surface area is 110 Å². The van der Waals surface area contributed by atoms with Gasteiger partial charge in [-0.05, 0) is 12.1 Å². The molecule has 0 atom stereocenters. The summed E-state index contributed by atoms with van der Waals surface area (Å²) >= 11 is 0. The van der Waals surface area contributed by atoms with E-state index in [-0.39, 0.29) is 24.1 Å². The minimum absolute atomic E-state index is 0.0408. The number of urea groups is 1. The van der Waals surface area contributed by atoms with E-state index < -0.39 is 5.97 Å². The maximum absolute atomic E-state index is 12.1. The number of carboxylic acid groups (broad SMARTS) is 1. The van der Waals surface area contributed by atoms with Gasteiger partial charge in [-0.2, -0.15) is 0 Å². The largest absolute Gasteiger partial charge is 0.508 e. The summed E-state index contributed by atoms with van der Waals surface area (Å²) in [7, 11) is 1.63. The minimum atomic E-state index is -0.835. The van der Waals surface area contributed by atoms with Crippen LogP contribution in [0.1, 0.15) is 6.42 Å². The second-order valence-electron chi connectivity index (χ2n) is 4.73. The van der Waals surface area contributed by atoms with Crippen molar-refractivity contribution >= 4 is 17.7 Å². The van der Waals surface area contributed by atoms with Gasteiger partial charge in [-0.1, -0.05) is 6.07 Å². The van der Waals surface area contributed by atoms with E-state index in [0.717, 1.165) is 0 Å². The van der Waals surface area contributed by atoms with Crippen molar-refractivity contribution in [3.05, 3.63) is 24.3 Å². The Balaban J connectivity index is 1.93. The van der Waals surface area contributed by atoms with Crippen LogP contribution in [0.4, 0.5) is 10.5 Å². The van der Waals surface area contributed by atoms with Crippen LogP contribution in [-0.2, 0) is 4.79 Å². The highest BCUT2D eigenvalue weighted by Gasteiger charge is 2.33. The van der Waals surface area contributed by atoms with E-state index in [1.54, 1.807) is 24.1 Å². The van der Waals surface area contributed by atoms with Gasteiger partial charge in [0, 0.05) is 37.8 Å². The van der Waals surface area contributed by atoms with E-state index in [4.69, 9.17) is 5.11 Å². The van der Waals surface area contributed by atoms with Gasteiger partial charge in [-0.3, -0.25) is 9.69 Å². The Morgan fingerprint density at radius 1 is 1.42 bits per heavy atom. The van der Waals surface area contributed by atoms with Gasteiger partial charge < -0.3 is 15.1 Å². The monoisotopic (exact) mass is 264 g/mol.